The molecule has 0 radical (unpaired) electrons. The molecule has 3 aromatic rings. The molecule has 0 unspecified atom stereocenters. The van der Waals surface area contributed by atoms with Gasteiger partial charge in [-0.2, -0.15) is 5.10 Å². The summed E-state index contributed by atoms with van der Waals surface area (Å²) >= 11 is 0. The van der Waals surface area contributed by atoms with Crippen molar-refractivity contribution in [1.82, 2.24) is 28.9 Å². The molecule has 1 N–H and O–H groups in total. The molecule has 8 heteroatoms. The van der Waals surface area contributed by atoms with E-state index in [2.05, 4.69) is 15.2 Å². The van der Waals surface area contributed by atoms with Crippen molar-refractivity contribution < 1.29 is 0 Å². The first-order chi connectivity index (χ1) is 10.1. The van der Waals surface area contributed by atoms with Crippen molar-refractivity contribution in [3.05, 3.63) is 45.1 Å². The molecule has 0 atom stereocenters. The van der Waals surface area contributed by atoms with E-state index in [-0.39, 0.29) is 11.2 Å². The fraction of sp³-hybridized carbons (Fsp3) is 0.385. The Morgan fingerprint density at radius 3 is 2.76 bits per heavy atom. The zero-order valence-electron chi connectivity index (χ0n) is 11.9. The Balaban J connectivity index is 1.93. The van der Waals surface area contributed by atoms with Gasteiger partial charge in [0.25, 0.3) is 5.56 Å². The van der Waals surface area contributed by atoms with Gasteiger partial charge in [0, 0.05) is 26.8 Å². The van der Waals surface area contributed by atoms with E-state index in [1.54, 1.807) is 24.1 Å². The van der Waals surface area contributed by atoms with Gasteiger partial charge < -0.3 is 4.57 Å². The summed E-state index contributed by atoms with van der Waals surface area (Å²) in [6.45, 7) is 0.662. The molecule has 0 aromatic carbocycles. The fourth-order valence-corrected chi connectivity index (χ4v) is 2.43. The van der Waals surface area contributed by atoms with Gasteiger partial charge in [-0.05, 0) is 18.4 Å². The largest absolute Gasteiger partial charge is 0.332 e. The van der Waals surface area contributed by atoms with Crippen LogP contribution in [-0.2, 0) is 27.1 Å². The quantitative estimate of drug-likeness (QED) is 0.719. The van der Waals surface area contributed by atoms with Crippen LogP contribution in [0.5, 0.6) is 0 Å². The Morgan fingerprint density at radius 2 is 2.05 bits per heavy atom. The first-order valence-corrected chi connectivity index (χ1v) is 6.68. The molecule has 8 nitrogen and oxygen atoms in total. The molecule has 0 amide bonds. The summed E-state index contributed by atoms with van der Waals surface area (Å²) < 4.78 is 4.30. The maximum absolute atomic E-state index is 12.2. The molecule has 0 fully saturated rings. The highest BCUT2D eigenvalue weighted by Gasteiger charge is 2.13. The van der Waals surface area contributed by atoms with E-state index in [0.717, 1.165) is 23.0 Å². The molecule has 3 aromatic heterocycles. The Hall–Kier alpha value is -2.64. The van der Waals surface area contributed by atoms with Gasteiger partial charge in [-0.3, -0.25) is 19.0 Å². The lowest BCUT2D eigenvalue weighted by Crippen LogP contribution is -2.37. The molecule has 0 aliphatic carbocycles. The summed E-state index contributed by atoms with van der Waals surface area (Å²) in [7, 11) is 3.10. The number of imidazole rings is 1. The number of hydrogen-bond donors (Lipinski definition) is 1. The lowest BCUT2D eigenvalue weighted by atomic mass is 10.2. The van der Waals surface area contributed by atoms with Crippen molar-refractivity contribution in [2.45, 2.75) is 19.4 Å². The van der Waals surface area contributed by atoms with Crippen molar-refractivity contribution in [2.24, 2.45) is 14.1 Å². The molecule has 3 heterocycles. The van der Waals surface area contributed by atoms with Crippen LogP contribution in [-0.4, -0.2) is 28.9 Å². The lowest BCUT2D eigenvalue weighted by molar-refractivity contribution is 0.647. The van der Waals surface area contributed by atoms with Gasteiger partial charge in [0.1, 0.15) is 0 Å². The van der Waals surface area contributed by atoms with Gasteiger partial charge in [-0.15, -0.1) is 0 Å². The molecule has 0 bridgehead atoms. The number of hydrogen-bond acceptors (Lipinski definition) is 4. The van der Waals surface area contributed by atoms with E-state index >= 15 is 0 Å². The highest BCUT2D eigenvalue weighted by atomic mass is 16.2. The lowest BCUT2D eigenvalue weighted by Gasteiger charge is -2.06. The minimum absolute atomic E-state index is 0.311. The molecule has 0 aliphatic rings. The summed E-state index contributed by atoms with van der Waals surface area (Å²) in [5.74, 6) is 0. The zero-order valence-corrected chi connectivity index (χ0v) is 11.9. The number of aromatic nitrogens is 6. The van der Waals surface area contributed by atoms with E-state index in [1.807, 2.05) is 6.20 Å². The predicted molar refractivity (Wildman–Crippen MR) is 77.1 cm³/mol. The van der Waals surface area contributed by atoms with Crippen LogP contribution in [0.4, 0.5) is 0 Å². The minimum Gasteiger partial charge on any atom is -0.325 e. The van der Waals surface area contributed by atoms with Crippen LogP contribution < -0.4 is 11.2 Å². The Labute approximate surface area is 119 Å². The van der Waals surface area contributed by atoms with Crippen LogP contribution in [0.25, 0.3) is 11.2 Å². The number of H-pyrrole nitrogens is 1. The van der Waals surface area contributed by atoms with Gasteiger partial charge in [0.2, 0.25) is 0 Å². The van der Waals surface area contributed by atoms with E-state index in [0.29, 0.717) is 17.7 Å². The second-order valence-corrected chi connectivity index (χ2v) is 5.03. The van der Waals surface area contributed by atoms with Gasteiger partial charge in [0.15, 0.2) is 11.2 Å². The van der Waals surface area contributed by atoms with Crippen molar-refractivity contribution in [2.75, 3.05) is 0 Å². The van der Waals surface area contributed by atoms with Gasteiger partial charge >= 0.3 is 5.69 Å². The van der Waals surface area contributed by atoms with Crippen LogP contribution in [0.15, 0.2) is 28.3 Å². The number of nitrogens with zero attached hydrogens (tertiary/aromatic N) is 5. The van der Waals surface area contributed by atoms with Crippen LogP contribution in [0.2, 0.25) is 0 Å². The first kappa shape index (κ1) is 13.3. The van der Waals surface area contributed by atoms with Gasteiger partial charge in [-0.1, -0.05) is 0 Å². The number of aromatic amines is 1. The molecule has 0 aliphatic heterocycles. The highest BCUT2D eigenvalue weighted by molar-refractivity contribution is 5.69. The maximum Gasteiger partial charge on any atom is 0.332 e. The Bertz CT molecular complexity index is 884. The third-order valence-electron chi connectivity index (χ3n) is 3.64. The summed E-state index contributed by atoms with van der Waals surface area (Å²) in [5, 5.41) is 6.67. The summed E-state index contributed by atoms with van der Waals surface area (Å²) in [6.07, 6.45) is 6.98. The number of rotatable bonds is 4. The average Bonchev–Trinajstić information content (AvgIpc) is 3.12. The molecular formula is C13H16N6O2. The van der Waals surface area contributed by atoms with Gasteiger partial charge in [-0.25, -0.2) is 9.78 Å². The number of aryl methyl sites for hydroxylation is 3. The molecule has 21 heavy (non-hydrogen) atoms. The van der Waals surface area contributed by atoms with Crippen LogP contribution in [0, 0.1) is 0 Å². The predicted octanol–water partition coefficient (Wildman–Crippen LogP) is -0.210. The minimum atomic E-state index is -0.365. The Morgan fingerprint density at radius 1 is 1.24 bits per heavy atom. The topological polar surface area (TPSA) is 90.5 Å². The standard InChI is InChI=1S/C13H16N6O2/c1-17-11-10(12(20)18(2)13(17)21)19(8-14-11)5-3-4-9-6-15-16-7-9/h6-8H,3-5H2,1-2H3,(H,15,16). The normalized spacial score (nSPS) is 11.3. The van der Waals surface area contributed by atoms with E-state index < -0.39 is 0 Å². The van der Waals surface area contributed by atoms with Crippen LogP contribution in [0.3, 0.4) is 0 Å². The summed E-state index contributed by atoms with van der Waals surface area (Å²) in [5.41, 5.74) is 1.34. The van der Waals surface area contributed by atoms with Crippen LogP contribution in [0.1, 0.15) is 12.0 Å². The zero-order chi connectivity index (χ0) is 15.0. The maximum atomic E-state index is 12.2. The summed E-state index contributed by atoms with van der Waals surface area (Å²) in [4.78, 5) is 28.3. The van der Waals surface area contributed by atoms with E-state index in [9.17, 15) is 9.59 Å². The number of fused-ring (bicyclic) bond motifs is 1. The summed E-state index contributed by atoms with van der Waals surface area (Å²) in [6, 6.07) is 0. The molecule has 110 valence electrons. The third kappa shape index (κ3) is 2.18. The monoisotopic (exact) mass is 288 g/mol. The second-order valence-electron chi connectivity index (χ2n) is 5.03. The van der Waals surface area contributed by atoms with E-state index in [4.69, 9.17) is 0 Å². The molecule has 0 spiro atoms. The van der Waals surface area contributed by atoms with E-state index in [1.165, 1.54) is 11.6 Å². The molecule has 0 saturated heterocycles. The smallest absolute Gasteiger partial charge is 0.325 e. The molecule has 0 saturated carbocycles. The third-order valence-corrected chi connectivity index (χ3v) is 3.64. The highest BCUT2D eigenvalue weighted by Crippen LogP contribution is 2.08. The van der Waals surface area contributed by atoms with Crippen molar-refractivity contribution >= 4 is 11.2 Å². The van der Waals surface area contributed by atoms with Crippen LogP contribution >= 0.6 is 0 Å². The average molecular weight is 288 g/mol. The SMILES string of the molecule is Cn1c(=O)c2c(ncn2CCCc2cn[nH]c2)n(C)c1=O. The van der Waals surface area contributed by atoms with Crippen molar-refractivity contribution in [3.63, 3.8) is 0 Å². The second kappa shape index (κ2) is 5.04. The fourth-order valence-electron chi connectivity index (χ4n) is 2.43. The molecular weight excluding hydrogens is 272 g/mol. The number of nitrogens with one attached hydrogen (secondary N) is 1. The first-order valence-electron chi connectivity index (χ1n) is 6.68. The van der Waals surface area contributed by atoms with Gasteiger partial charge in [0.05, 0.1) is 12.5 Å². The Kier molecular flexibility index (Phi) is 3.20. The molecule has 3 rings (SSSR count). The van der Waals surface area contributed by atoms with Crippen molar-refractivity contribution in [3.8, 4) is 0 Å². The van der Waals surface area contributed by atoms with Crippen molar-refractivity contribution in [1.29, 1.82) is 0 Å².